The van der Waals surface area contributed by atoms with Gasteiger partial charge in [-0.05, 0) is 86.6 Å². The number of phenolic OH excluding ortho intramolecular Hbond substituents is 1. The van der Waals surface area contributed by atoms with Gasteiger partial charge in [0.1, 0.15) is 17.2 Å². The molecule has 212 valence electrons. The number of benzene rings is 4. The number of hydrogen-bond donors (Lipinski definition) is 1. The largest absolute Gasteiger partial charge is 1.00 e. The maximum Gasteiger partial charge on any atom is 1.00 e. The Labute approximate surface area is 315 Å². The van der Waals surface area contributed by atoms with Crippen LogP contribution in [0.3, 0.4) is 0 Å². The zero-order valence-electron chi connectivity index (χ0n) is 21.7. The summed E-state index contributed by atoms with van der Waals surface area (Å²) in [6.45, 7) is 2.90. The van der Waals surface area contributed by atoms with Gasteiger partial charge in [0.05, 0.1) is 20.6 Å². The van der Waals surface area contributed by atoms with Gasteiger partial charge in [0.25, 0.3) is 0 Å². The summed E-state index contributed by atoms with van der Waals surface area (Å²) < 4.78 is 5.64. The molecule has 0 fully saturated rings. The van der Waals surface area contributed by atoms with Gasteiger partial charge in [-0.3, -0.25) is 9.59 Å². The first-order valence-corrected chi connectivity index (χ1v) is 13.5. The number of ketones is 2. The third kappa shape index (κ3) is 13.7. The second-order valence-corrected chi connectivity index (χ2v) is 10.6. The van der Waals surface area contributed by atoms with E-state index in [0.29, 0.717) is 52.8 Å². The molecule has 13 heteroatoms. The first-order valence-electron chi connectivity index (χ1n) is 10.8. The molecule has 0 unspecified atom stereocenters. The van der Waals surface area contributed by atoms with Crippen molar-refractivity contribution in [1.82, 2.24) is 0 Å². The molecule has 2 N–H and O–H groups in total. The Morgan fingerprint density at radius 3 is 1.41 bits per heavy atom. The summed E-state index contributed by atoms with van der Waals surface area (Å²) in [5, 5.41) is 12.0. The van der Waals surface area contributed by atoms with Gasteiger partial charge in [-0.15, -0.1) is 0 Å². The van der Waals surface area contributed by atoms with Crippen molar-refractivity contribution < 1.29 is 76.3 Å². The Hall–Kier alpha value is -0.554. The summed E-state index contributed by atoms with van der Waals surface area (Å²) in [5.74, 6) is 0.679. The van der Waals surface area contributed by atoms with Gasteiger partial charge in [0.15, 0.2) is 11.6 Å². The summed E-state index contributed by atoms with van der Waals surface area (Å²) in [6, 6.07) is 19.0. The fourth-order valence-electron chi connectivity index (χ4n) is 2.79. The normalized spacial score (nSPS) is 9.49. The molecule has 4 aromatic rings. The molecular formula is C28H20Cl7KO5. The molecule has 0 amide bonds. The van der Waals surface area contributed by atoms with Crippen LogP contribution in [0, 0.1) is 0 Å². The Morgan fingerprint density at radius 1 is 0.561 bits per heavy atom. The molecule has 0 aliphatic carbocycles. The third-order valence-corrected chi connectivity index (χ3v) is 6.52. The van der Waals surface area contributed by atoms with Crippen LogP contribution in [0.2, 0.25) is 35.2 Å². The average molecular weight is 724 g/mol. The summed E-state index contributed by atoms with van der Waals surface area (Å²) in [7, 11) is 0. The van der Waals surface area contributed by atoms with Gasteiger partial charge >= 0.3 is 51.4 Å². The summed E-state index contributed by atoms with van der Waals surface area (Å²) in [4.78, 5) is 22.4. The van der Waals surface area contributed by atoms with E-state index in [4.69, 9.17) is 91.0 Å². The molecule has 4 aromatic carbocycles. The van der Waals surface area contributed by atoms with Crippen molar-refractivity contribution in [3.8, 4) is 17.2 Å². The second kappa shape index (κ2) is 19.7. The van der Waals surface area contributed by atoms with Crippen molar-refractivity contribution in [2.45, 2.75) is 13.8 Å². The van der Waals surface area contributed by atoms with E-state index >= 15 is 0 Å². The Bertz CT molecular complexity index is 1500. The van der Waals surface area contributed by atoms with E-state index in [2.05, 4.69) is 0 Å². The Balaban J connectivity index is 0.000000623. The van der Waals surface area contributed by atoms with Gasteiger partial charge in [-0.2, -0.15) is 0 Å². The van der Waals surface area contributed by atoms with Crippen LogP contribution in [0.5, 0.6) is 17.2 Å². The van der Waals surface area contributed by atoms with Crippen molar-refractivity contribution >= 4 is 92.8 Å². The minimum Gasteiger partial charge on any atom is -0.870 e. The zero-order chi connectivity index (χ0) is 29.3. The molecule has 5 nitrogen and oxygen atoms in total. The number of aromatic hydroxyl groups is 1. The first kappa shape index (κ1) is 40.4. The van der Waals surface area contributed by atoms with Crippen molar-refractivity contribution in [2.75, 3.05) is 0 Å². The van der Waals surface area contributed by atoms with Crippen LogP contribution < -0.4 is 56.1 Å². The number of hydrogen-bond acceptors (Lipinski definition) is 5. The van der Waals surface area contributed by atoms with Gasteiger partial charge in [-0.25, -0.2) is 0 Å². The molecule has 0 heterocycles. The van der Waals surface area contributed by atoms with Crippen LogP contribution in [0.4, 0.5) is 0 Å². The number of ether oxygens (including phenoxy) is 1. The molecule has 41 heavy (non-hydrogen) atoms. The van der Waals surface area contributed by atoms with E-state index in [1.165, 1.54) is 26.0 Å². The van der Waals surface area contributed by atoms with Crippen LogP contribution in [0.25, 0.3) is 0 Å². The van der Waals surface area contributed by atoms with Gasteiger partial charge < -0.3 is 15.3 Å². The predicted molar refractivity (Wildman–Crippen MR) is 165 cm³/mol. The summed E-state index contributed by atoms with van der Waals surface area (Å²) >= 11 is 40.1. The summed E-state index contributed by atoms with van der Waals surface area (Å²) in [5.41, 5.74) is 0.873. The van der Waals surface area contributed by atoms with Crippen LogP contribution >= 0.6 is 81.2 Å². The van der Waals surface area contributed by atoms with E-state index in [9.17, 15) is 9.59 Å². The van der Waals surface area contributed by atoms with Gasteiger partial charge in [-0.1, -0.05) is 81.2 Å². The number of carbonyl (C=O) groups excluding carboxylic acids is 2. The Kier molecular flexibility index (Phi) is 19.4. The maximum atomic E-state index is 11.6. The quantitative estimate of drug-likeness (QED) is 0.169. The molecule has 0 atom stereocenters. The SMILES string of the molecule is CC(=O)c1cc(Cl)ccc1Cl.CC(=O)c1cc(Cl)ccc1Oc1ccc(Cl)cc1Cl.Oc1ccc(Cl)cc1Cl.[K+].[OH-]. The molecule has 0 radical (unpaired) electrons. The monoisotopic (exact) mass is 720 g/mol. The zero-order valence-corrected chi connectivity index (χ0v) is 30.1. The van der Waals surface area contributed by atoms with Crippen molar-refractivity contribution in [3.05, 3.63) is 119 Å². The van der Waals surface area contributed by atoms with E-state index in [1.54, 1.807) is 60.7 Å². The van der Waals surface area contributed by atoms with E-state index in [-0.39, 0.29) is 79.2 Å². The molecule has 0 aromatic heterocycles. The smallest absolute Gasteiger partial charge is 0.870 e. The number of phenols is 1. The van der Waals surface area contributed by atoms with Crippen LogP contribution in [0.15, 0.2) is 72.8 Å². The maximum absolute atomic E-state index is 11.6. The topological polar surface area (TPSA) is 93.6 Å². The third-order valence-electron chi connectivity index (χ3n) is 4.65. The van der Waals surface area contributed by atoms with Crippen molar-refractivity contribution in [2.24, 2.45) is 0 Å². The average Bonchev–Trinajstić information content (AvgIpc) is 2.86. The number of carbonyl (C=O) groups is 2. The molecular weight excluding hydrogens is 704 g/mol. The van der Waals surface area contributed by atoms with Gasteiger partial charge in [0, 0.05) is 25.7 Å². The fourth-order valence-corrected chi connectivity index (χ4v) is 4.24. The molecule has 0 bridgehead atoms. The number of Topliss-reactive ketones (excluding diaryl/α,β-unsaturated/α-hetero) is 2. The predicted octanol–water partition coefficient (Wildman–Crippen LogP) is 8.36. The molecule has 0 aliphatic heterocycles. The minimum absolute atomic E-state index is 0. The van der Waals surface area contributed by atoms with Crippen LogP contribution in [0.1, 0.15) is 34.6 Å². The van der Waals surface area contributed by atoms with Crippen LogP contribution in [-0.2, 0) is 0 Å². The molecule has 0 saturated heterocycles. The standard InChI is InChI=1S/C14H9Cl3O2.C8H6Cl2O.C6H4Cl2O.K.H2O/c1-8(18)11-6-9(15)2-4-13(11)19-14-5-3-10(16)7-12(14)17;1-5(11)7-4-6(9)2-3-8(7)10;7-4-1-2-6(9)5(8)3-4;;/h2-7H,1H3;2-4H,1H3;1-3,9H;;1H2/q;;;+1;/p-1. The summed E-state index contributed by atoms with van der Waals surface area (Å²) in [6.07, 6.45) is 0. The van der Waals surface area contributed by atoms with Crippen molar-refractivity contribution in [3.63, 3.8) is 0 Å². The number of halogens is 7. The second-order valence-electron chi connectivity index (χ2n) is 7.65. The minimum atomic E-state index is -0.136. The van der Waals surface area contributed by atoms with Crippen molar-refractivity contribution in [1.29, 1.82) is 0 Å². The molecule has 0 spiro atoms. The molecule has 4 rings (SSSR count). The van der Waals surface area contributed by atoms with E-state index < -0.39 is 0 Å². The van der Waals surface area contributed by atoms with Gasteiger partial charge in [0.2, 0.25) is 0 Å². The fraction of sp³-hybridized carbons (Fsp3) is 0.0714. The first-order chi connectivity index (χ1) is 18.3. The molecule has 0 aliphatic rings. The van der Waals surface area contributed by atoms with E-state index in [0.717, 1.165) is 0 Å². The number of rotatable bonds is 4. The Morgan fingerprint density at radius 2 is 0.976 bits per heavy atom. The van der Waals surface area contributed by atoms with E-state index in [1.807, 2.05) is 0 Å². The molecule has 0 saturated carbocycles. The van der Waals surface area contributed by atoms with Crippen LogP contribution in [-0.4, -0.2) is 22.1 Å².